The number of methoxy groups -OCH3 is 1. The number of carboxylic acids is 1. The van der Waals surface area contributed by atoms with Crippen molar-refractivity contribution >= 4 is 28.9 Å². The van der Waals surface area contributed by atoms with Gasteiger partial charge >= 0.3 is 5.97 Å². The number of thiazole rings is 1. The van der Waals surface area contributed by atoms with E-state index in [9.17, 15) is 4.79 Å². The Morgan fingerprint density at radius 2 is 2.19 bits per heavy atom. The maximum atomic E-state index is 10.9. The fourth-order valence-electron chi connectivity index (χ4n) is 2.09. The van der Waals surface area contributed by atoms with Crippen molar-refractivity contribution in [3.05, 3.63) is 44.9 Å². The quantitative estimate of drug-likeness (QED) is 0.901. The largest absolute Gasteiger partial charge is 0.495 e. The van der Waals surface area contributed by atoms with Crippen LogP contribution in [-0.2, 0) is 11.8 Å². The van der Waals surface area contributed by atoms with Gasteiger partial charge in [-0.3, -0.25) is 0 Å². The van der Waals surface area contributed by atoms with E-state index in [0.717, 1.165) is 10.6 Å². The van der Waals surface area contributed by atoms with E-state index in [4.69, 9.17) is 21.4 Å². The summed E-state index contributed by atoms with van der Waals surface area (Å²) in [4.78, 5) is 15.1. The first-order valence-corrected chi connectivity index (χ1v) is 7.61. The van der Waals surface area contributed by atoms with Crippen molar-refractivity contribution in [3.8, 4) is 5.75 Å². The highest BCUT2D eigenvalue weighted by Crippen LogP contribution is 2.32. The molecule has 0 spiro atoms. The summed E-state index contributed by atoms with van der Waals surface area (Å²) in [5.74, 6) is -0.360. The topological polar surface area (TPSA) is 59.4 Å². The Morgan fingerprint density at radius 1 is 1.48 bits per heavy atom. The molecule has 0 atom stereocenters. The van der Waals surface area contributed by atoms with E-state index in [1.165, 1.54) is 11.3 Å². The van der Waals surface area contributed by atoms with Gasteiger partial charge in [0.2, 0.25) is 0 Å². The van der Waals surface area contributed by atoms with Crippen LogP contribution in [0.5, 0.6) is 5.75 Å². The summed E-state index contributed by atoms with van der Waals surface area (Å²) in [7, 11) is 1.58. The Kier molecular flexibility index (Phi) is 4.54. The number of carboxylic acid groups (broad SMARTS) is 1. The Morgan fingerprint density at radius 3 is 2.71 bits per heavy atom. The van der Waals surface area contributed by atoms with E-state index in [-0.39, 0.29) is 11.1 Å². The van der Waals surface area contributed by atoms with Crippen LogP contribution in [-0.4, -0.2) is 23.2 Å². The normalized spacial score (nSPS) is 11.4. The van der Waals surface area contributed by atoms with E-state index >= 15 is 0 Å². The van der Waals surface area contributed by atoms with Gasteiger partial charge in [-0.1, -0.05) is 31.5 Å². The third-order valence-electron chi connectivity index (χ3n) is 3.16. The fraction of sp³-hybridized carbons (Fsp3) is 0.333. The predicted molar refractivity (Wildman–Crippen MR) is 83.8 cm³/mol. The SMILES string of the molecule is COc1ccc(CC(C)(C)c2nc(C(=O)O)cs2)cc1Cl. The Hall–Kier alpha value is -1.59. The minimum Gasteiger partial charge on any atom is -0.495 e. The number of aromatic carboxylic acids is 1. The second-order valence-electron chi connectivity index (χ2n) is 5.37. The lowest BCUT2D eigenvalue weighted by atomic mass is 9.86. The molecule has 0 aliphatic rings. The highest BCUT2D eigenvalue weighted by atomic mass is 35.5. The molecule has 2 aromatic rings. The van der Waals surface area contributed by atoms with Gasteiger partial charge in [0.05, 0.1) is 17.1 Å². The van der Waals surface area contributed by atoms with Crippen LogP contribution in [0, 0.1) is 0 Å². The number of halogens is 1. The van der Waals surface area contributed by atoms with Gasteiger partial charge in [0.15, 0.2) is 5.69 Å². The number of carbonyl (C=O) groups is 1. The third-order valence-corrected chi connectivity index (χ3v) is 4.67. The molecule has 0 saturated heterocycles. The number of rotatable bonds is 5. The number of nitrogens with zero attached hydrogens (tertiary/aromatic N) is 1. The van der Waals surface area contributed by atoms with E-state index in [1.54, 1.807) is 12.5 Å². The van der Waals surface area contributed by atoms with Crippen LogP contribution >= 0.6 is 22.9 Å². The summed E-state index contributed by atoms with van der Waals surface area (Å²) >= 11 is 7.50. The van der Waals surface area contributed by atoms with Crippen LogP contribution < -0.4 is 4.74 Å². The van der Waals surface area contributed by atoms with E-state index < -0.39 is 5.97 Å². The first-order chi connectivity index (χ1) is 9.83. The standard InChI is InChI=1S/C15H16ClNO3S/c1-15(2,14-17-11(8-21-14)13(18)19)7-9-4-5-12(20-3)10(16)6-9/h4-6,8H,7H2,1-3H3,(H,18,19). The van der Waals surface area contributed by atoms with Crippen LogP contribution in [0.1, 0.15) is 34.9 Å². The molecule has 0 fully saturated rings. The third kappa shape index (κ3) is 3.54. The van der Waals surface area contributed by atoms with E-state index in [0.29, 0.717) is 17.2 Å². The van der Waals surface area contributed by atoms with Crippen LogP contribution in [0.15, 0.2) is 23.6 Å². The average molecular weight is 326 g/mol. The molecule has 1 aromatic carbocycles. The molecule has 6 heteroatoms. The second-order valence-corrected chi connectivity index (χ2v) is 6.64. The van der Waals surface area contributed by atoms with Gasteiger partial charge in [0, 0.05) is 10.8 Å². The summed E-state index contributed by atoms with van der Waals surface area (Å²) in [6.45, 7) is 4.07. The van der Waals surface area contributed by atoms with Crippen molar-refractivity contribution < 1.29 is 14.6 Å². The Balaban J connectivity index is 2.23. The summed E-state index contributed by atoms with van der Waals surface area (Å²) in [6.07, 6.45) is 0.712. The maximum Gasteiger partial charge on any atom is 0.355 e. The average Bonchev–Trinajstić information content (AvgIpc) is 2.89. The van der Waals surface area contributed by atoms with Crippen molar-refractivity contribution in [2.24, 2.45) is 0 Å². The highest BCUT2D eigenvalue weighted by Gasteiger charge is 2.26. The second kappa shape index (κ2) is 6.03. The minimum atomic E-state index is -0.999. The maximum absolute atomic E-state index is 10.9. The highest BCUT2D eigenvalue weighted by molar-refractivity contribution is 7.10. The molecule has 0 radical (unpaired) electrons. The van der Waals surface area contributed by atoms with Crippen molar-refractivity contribution in [3.63, 3.8) is 0 Å². The molecule has 1 aromatic heterocycles. The zero-order chi connectivity index (χ0) is 15.6. The molecule has 4 nitrogen and oxygen atoms in total. The molecule has 0 unspecified atom stereocenters. The van der Waals surface area contributed by atoms with Crippen molar-refractivity contribution in [1.29, 1.82) is 0 Å². The zero-order valence-electron chi connectivity index (χ0n) is 12.0. The fourth-order valence-corrected chi connectivity index (χ4v) is 3.29. The molecular weight excluding hydrogens is 310 g/mol. The van der Waals surface area contributed by atoms with E-state index in [2.05, 4.69) is 4.98 Å². The molecule has 0 amide bonds. The van der Waals surface area contributed by atoms with Gasteiger partial charge in [0.25, 0.3) is 0 Å². The number of ether oxygens (including phenoxy) is 1. The van der Waals surface area contributed by atoms with Gasteiger partial charge in [-0.2, -0.15) is 0 Å². The summed E-state index contributed by atoms with van der Waals surface area (Å²) in [6, 6.07) is 5.66. The van der Waals surface area contributed by atoms with E-state index in [1.807, 2.05) is 32.0 Å². The minimum absolute atomic E-state index is 0.0934. The zero-order valence-corrected chi connectivity index (χ0v) is 13.6. The predicted octanol–water partition coefficient (Wildman–Crippen LogP) is 4.02. The molecule has 0 aliphatic carbocycles. The first-order valence-electron chi connectivity index (χ1n) is 6.35. The van der Waals surface area contributed by atoms with Crippen LogP contribution in [0.25, 0.3) is 0 Å². The molecule has 1 heterocycles. The lowest BCUT2D eigenvalue weighted by molar-refractivity contribution is 0.0691. The molecule has 2 rings (SSSR count). The van der Waals surface area contributed by atoms with Gasteiger partial charge in [-0.05, 0) is 24.1 Å². The number of aromatic nitrogens is 1. The van der Waals surface area contributed by atoms with Gasteiger partial charge in [0.1, 0.15) is 5.75 Å². The summed E-state index contributed by atoms with van der Waals surface area (Å²) in [5.41, 5.74) is 0.879. The van der Waals surface area contributed by atoms with Gasteiger partial charge < -0.3 is 9.84 Å². The smallest absolute Gasteiger partial charge is 0.355 e. The monoisotopic (exact) mass is 325 g/mol. The molecule has 0 bridgehead atoms. The number of hydrogen-bond acceptors (Lipinski definition) is 4. The van der Waals surface area contributed by atoms with Crippen molar-refractivity contribution in [2.75, 3.05) is 7.11 Å². The Bertz CT molecular complexity index is 667. The van der Waals surface area contributed by atoms with Crippen LogP contribution in [0.3, 0.4) is 0 Å². The molecule has 21 heavy (non-hydrogen) atoms. The number of benzene rings is 1. The van der Waals surface area contributed by atoms with Crippen molar-refractivity contribution in [2.45, 2.75) is 25.7 Å². The van der Waals surface area contributed by atoms with Gasteiger partial charge in [-0.25, -0.2) is 9.78 Å². The lowest BCUT2D eigenvalue weighted by Gasteiger charge is -2.22. The first kappa shape index (κ1) is 15.8. The summed E-state index contributed by atoms with van der Waals surface area (Å²) < 4.78 is 5.14. The molecule has 0 aliphatic heterocycles. The molecule has 112 valence electrons. The molecular formula is C15H16ClNO3S. The van der Waals surface area contributed by atoms with Gasteiger partial charge in [-0.15, -0.1) is 11.3 Å². The lowest BCUT2D eigenvalue weighted by Crippen LogP contribution is -2.20. The molecule has 1 N–H and O–H groups in total. The van der Waals surface area contributed by atoms with Crippen LogP contribution in [0.2, 0.25) is 5.02 Å². The molecule has 0 saturated carbocycles. The van der Waals surface area contributed by atoms with Crippen LogP contribution in [0.4, 0.5) is 0 Å². The summed E-state index contributed by atoms with van der Waals surface area (Å²) in [5, 5.41) is 11.9. The number of hydrogen-bond donors (Lipinski definition) is 1. The van der Waals surface area contributed by atoms with Crippen molar-refractivity contribution in [1.82, 2.24) is 4.98 Å². The Labute approximate surface area is 132 Å².